The summed E-state index contributed by atoms with van der Waals surface area (Å²) in [6, 6.07) is 0. The Morgan fingerprint density at radius 1 is 0.492 bits per heavy atom. The van der Waals surface area contributed by atoms with Crippen molar-refractivity contribution in [1.82, 2.24) is 0 Å². The minimum Gasteiger partial charge on any atom is -0.462 e. The van der Waals surface area contributed by atoms with Gasteiger partial charge >= 0.3 is 19.8 Å². The Hall–Kier alpha value is -2.33. The standard InChI is InChI=1S/C52H93O10P/c1-3-5-7-9-11-13-15-17-19-21-22-23-24-25-26-28-30-32-34-36-38-40-42-44-52(56)62-50(48-61-63(57,58)60-46-49(54)45-53)47-59-51(55)43-41-39-37-35-33-31-29-27-20-18-16-14-12-10-8-6-4-2/h6,8,12,14,18,20,29,31,35,37,49-50,53-54H,3-5,7,9-11,13,15-17,19,21-28,30,32-34,36,38-48H2,1-2H3,(H,57,58)/b8-6+,14-12+,20-18+,31-29+,37-35+/t49-,50+/m0/s1. The molecule has 0 radical (unpaired) electrons. The average Bonchev–Trinajstić information content (AvgIpc) is 3.27. The third kappa shape index (κ3) is 47.5. The number of carbonyl (C=O) groups excluding carboxylic acids is 2. The topological polar surface area (TPSA) is 149 Å². The second kappa shape index (κ2) is 47.6. The molecule has 0 aromatic rings. The highest BCUT2D eigenvalue weighted by Crippen LogP contribution is 2.43. The maximum absolute atomic E-state index is 12.7. The van der Waals surface area contributed by atoms with Gasteiger partial charge in [-0.05, 0) is 51.4 Å². The largest absolute Gasteiger partial charge is 0.472 e. The van der Waals surface area contributed by atoms with E-state index in [0.29, 0.717) is 19.3 Å². The van der Waals surface area contributed by atoms with Gasteiger partial charge in [-0.25, -0.2) is 4.57 Å². The van der Waals surface area contributed by atoms with Crippen LogP contribution in [0.3, 0.4) is 0 Å². The number of unbranched alkanes of at least 4 members (excludes halogenated alkanes) is 23. The number of allylic oxidation sites excluding steroid dienone is 10. The van der Waals surface area contributed by atoms with E-state index in [0.717, 1.165) is 51.4 Å². The van der Waals surface area contributed by atoms with E-state index in [1.807, 2.05) is 6.08 Å². The van der Waals surface area contributed by atoms with Crippen molar-refractivity contribution in [3.63, 3.8) is 0 Å². The molecule has 0 saturated heterocycles. The molecule has 0 amide bonds. The van der Waals surface area contributed by atoms with Gasteiger partial charge in [0.2, 0.25) is 0 Å². The first-order valence-electron chi connectivity index (χ1n) is 25.2. The maximum atomic E-state index is 12.7. The Morgan fingerprint density at radius 3 is 1.30 bits per heavy atom. The number of aliphatic hydroxyl groups is 2. The van der Waals surface area contributed by atoms with E-state index in [1.54, 1.807) is 0 Å². The van der Waals surface area contributed by atoms with Gasteiger partial charge in [0.1, 0.15) is 12.7 Å². The van der Waals surface area contributed by atoms with Gasteiger partial charge in [0.25, 0.3) is 0 Å². The quantitative estimate of drug-likeness (QED) is 0.0233. The predicted octanol–water partition coefficient (Wildman–Crippen LogP) is 14.2. The number of phosphoric acid groups is 1. The Bertz CT molecular complexity index is 1230. The lowest BCUT2D eigenvalue weighted by Gasteiger charge is -2.20. The molecule has 0 aliphatic carbocycles. The molecule has 0 bridgehead atoms. The van der Waals surface area contributed by atoms with Gasteiger partial charge in [-0.3, -0.25) is 18.6 Å². The van der Waals surface area contributed by atoms with Gasteiger partial charge in [-0.1, -0.05) is 216 Å². The molecule has 0 aliphatic rings. The molecule has 1 unspecified atom stereocenters. The molecule has 0 heterocycles. The molecule has 3 N–H and O–H groups in total. The minimum atomic E-state index is -4.64. The zero-order chi connectivity index (χ0) is 46.2. The van der Waals surface area contributed by atoms with Crippen LogP contribution in [0.5, 0.6) is 0 Å². The SMILES string of the molecule is CC/C=C/C/C=C/C/C=C/C/C=C/C/C=C/CCCC(=O)OC[C@H](COP(=O)(O)OC[C@@H](O)CO)OC(=O)CCCCCCCCCCCCCCCCCCCCCCCCC. The molecule has 3 atom stereocenters. The summed E-state index contributed by atoms with van der Waals surface area (Å²) < 4.78 is 32.8. The third-order valence-electron chi connectivity index (χ3n) is 10.7. The van der Waals surface area contributed by atoms with Gasteiger partial charge < -0.3 is 24.6 Å². The summed E-state index contributed by atoms with van der Waals surface area (Å²) in [7, 11) is -4.64. The van der Waals surface area contributed by atoms with Crippen LogP contribution in [0.1, 0.15) is 219 Å². The van der Waals surface area contributed by atoms with Crippen molar-refractivity contribution in [3.8, 4) is 0 Å². The first kappa shape index (κ1) is 60.7. The summed E-state index contributed by atoms with van der Waals surface area (Å²) in [5.74, 6) is -0.987. The van der Waals surface area contributed by atoms with Gasteiger partial charge in [0.15, 0.2) is 6.10 Å². The second-order valence-corrected chi connectivity index (χ2v) is 18.3. The number of hydrogen-bond acceptors (Lipinski definition) is 9. The average molecular weight is 909 g/mol. The molecule has 0 aliphatic heterocycles. The molecule has 0 aromatic carbocycles. The maximum Gasteiger partial charge on any atom is 0.472 e. The lowest BCUT2D eigenvalue weighted by molar-refractivity contribution is -0.161. The van der Waals surface area contributed by atoms with E-state index in [2.05, 4.69) is 68.5 Å². The fourth-order valence-corrected chi connectivity index (χ4v) is 7.64. The molecule has 0 rings (SSSR count). The zero-order valence-corrected chi connectivity index (χ0v) is 40.9. The van der Waals surface area contributed by atoms with E-state index < -0.39 is 51.8 Å². The van der Waals surface area contributed by atoms with Crippen LogP contribution in [0.2, 0.25) is 0 Å². The summed E-state index contributed by atoms with van der Waals surface area (Å²) in [6.07, 6.45) is 54.9. The van der Waals surface area contributed by atoms with Crippen LogP contribution in [0, 0.1) is 0 Å². The first-order valence-corrected chi connectivity index (χ1v) is 26.7. The van der Waals surface area contributed by atoms with Crippen LogP contribution in [0.25, 0.3) is 0 Å². The fraction of sp³-hybridized carbons (Fsp3) is 0.769. The summed E-state index contributed by atoms with van der Waals surface area (Å²) in [5, 5.41) is 18.4. The van der Waals surface area contributed by atoms with E-state index in [1.165, 1.54) is 122 Å². The van der Waals surface area contributed by atoms with Crippen LogP contribution in [-0.4, -0.2) is 65.7 Å². The van der Waals surface area contributed by atoms with Crippen molar-refractivity contribution in [2.75, 3.05) is 26.4 Å². The number of phosphoric ester groups is 1. The normalized spacial score (nSPS) is 14.2. The smallest absolute Gasteiger partial charge is 0.462 e. The summed E-state index contributed by atoms with van der Waals surface area (Å²) >= 11 is 0. The first-order chi connectivity index (χ1) is 30.7. The summed E-state index contributed by atoms with van der Waals surface area (Å²) in [5.41, 5.74) is 0. The Kier molecular flexibility index (Phi) is 45.9. The van der Waals surface area contributed by atoms with Gasteiger partial charge in [0, 0.05) is 12.8 Å². The summed E-state index contributed by atoms with van der Waals surface area (Å²) in [6.45, 7) is 2.23. The molecule has 0 fully saturated rings. The van der Waals surface area contributed by atoms with Crippen molar-refractivity contribution < 1.29 is 47.8 Å². The fourth-order valence-electron chi connectivity index (χ4n) is 6.85. The molecule has 11 heteroatoms. The number of esters is 2. The lowest BCUT2D eigenvalue weighted by atomic mass is 10.0. The van der Waals surface area contributed by atoms with Gasteiger partial charge in [-0.15, -0.1) is 0 Å². The minimum absolute atomic E-state index is 0.163. The Morgan fingerprint density at radius 2 is 0.873 bits per heavy atom. The molecule has 10 nitrogen and oxygen atoms in total. The van der Waals surface area contributed by atoms with Crippen LogP contribution in [0.15, 0.2) is 60.8 Å². The van der Waals surface area contributed by atoms with E-state index in [9.17, 15) is 24.2 Å². The molecule has 63 heavy (non-hydrogen) atoms. The molecular weight excluding hydrogens is 816 g/mol. The van der Waals surface area contributed by atoms with E-state index in [-0.39, 0.29) is 19.4 Å². The Labute approximate surface area is 385 Å². The van der Waals surface area contributed by atoms with Crippen LogP contribution >= 0.6 is 7.82 Å². The van der Waals surface area contributed by atoms with Crippen molar-refractivity contribution >= 4 is 19.8 Å². The van der Waals surface area contributed by atoms with Crippen LogP contribution in [-0.2, 0) is 32.7 Å². The highest BCUT2D eigenvalue weighted by molar-refractivity contribution is 7.47. The van der Waals surface area contributed by atoms with E-state index in [4.69, 9.17) is 23.6 Å². The number of rotatable bonds is 47. The second-order valence-electron chi connectivity index (χ2n) is 16.8. The lowest BCUT2D eigenvalue weighted by Crippen LogP contribution is -2.29. The molecule has 0 spiro atoms. The summed E-state index contributed by atoms with van der Waals surface area (Å²) in [4.78, 5) is 35.1. The number of carbonyl (C=O) groups is 2. The van der Waals surface area contributed by atoms with Crippen molar-refractivity contribution in [3.05, 3.63) is 60.8 Å². The van der Waals surface area contributed by atoms with Crippen molar-refractivity contribution in [1.29, 1.82) is 0 Å². The molecule has 366 valence electrons. The van der Waals surface area contributed by atoms with Crippen molar-refractivity contribution in [2.24, 2.45) is 0 Å². The predicted molar refractivity (Wildman–Crippen MR) is 260 cm³/mol. The number of aliphatic hydroxyl groups excluding tert-OH is 2. The number of hydrogen-bond donors (Lipinski definition) is 3. The van der Waals surface area contributed by atoms with Crippen molar-refractivity contribution in [2.45, 2.75) is 232 Å². The molecular formula is C52H93O10P. The Balaban J connectivity index is 4.22. The van der Waals surface area contributed by atoms with Crippen LogP contribution in [0.4, 0.5) is 0 Å². The van der Waals surface area contributed by atoms with E-state index >= 15 is 0 Å². The monoisotopic (exact) mass is 909 g/mol. The molecule has 0 saturated carbocycles. The molecule has 0 aromatic heterocycles. The highest BCUT2D eigenvalue weighted by Gasteiger charge is 2.27. The third-order valence-corrected chi connectivity index (χ3v) is 11.6. The van der Waals surface area contributed by atoms with Crippen LogP contribution < -0.4 is 0 Å². The zero-order valence-electron chi connectivity index (χ0n) is 40.0. The highest BCUT2D eigenvalue weighted by atomic mass is 31.2. The number of ether oxygens (including phenoxy) is 2. The van der Waals surface area contributed by atoms with Gasteiger partial charge in [0.05, 0.1) is 19.8 Å². The van der Waals surface area contributed by atoms with Gasteiger partial charge in [-0.2, -0.15) is 0 Å².